The maximum Gasteiger partial charge on any atom is 0.293 e. The van der Waals surface area contributed by atoms with Crippen LogP contribution < -0.4 is 14.8 Å². The van der Waals surface area contributed by atoms with E-state index in [1.807, 2.05) is 44.2 Å². The first-order valence-corrected chi connectivity index (χ1v) is 10.5. The van der Waals surface area contributed by atoms with E-state index in [2.05, 4.69) is 5.32 Å². The van der Waals surface area contributed by atoms with Crippen molar-refractivity contribution >= 4 is 34.9 Å². The summed E-state index contributed by atoms with van der Waals surface area (Å²) in [6, 6.07) is 12.8. The second-order valence-corrected chi connectivity index (χ2v) is 7.98. The number of nitrogens with one attached hydrogen (secondary N) is 1. The van der Waals surface area contributed by atoms with Crippen LogP contribution in [0.5, 0.6) is 11.5 Å². The Labute approximate surface area is 185 Å². The van der Waals surface area contributed by atoms with Gasteiger partial charge in [-0.15, -0.1) is 0 Å². The molecule has 2 aromatic carbocycles. The van der Waals surface area contributed by atoms with Crippen LogP contribution in [0, 0.1) is 13.8 Å². The van der Waals surface area contributed by atoms with Gasteiger partial charge >= 0.3 is 0 Å². The highest BCUT2D eigenvalue weighted by Crippen LogP contribution is 2.32. The molecule has 1 fully saturated rings. The quantitative estimate of drug-likeness (QED) is 0.632. The summed E-state index contributed by atoms with van der Waals surface area (Å²) in [5.74, 6) is 0.640. The number of thioether (sulfide) groups is 1. The summed E-state index contributed by atoms with van der Waals surface area (Å²) in [6.07, 6.45) is 1.67. The predicted octanol–water partition coefficient (Wildman–Crippen LogP) is 3.54. The molecule has 1 aliphatic heterocycles. The molecule has 0 aliphatic carbocycles. The van der Waals surface area contributed by atoms with E-state index in [0.29, 0.717) is 16.4 Å². The van der Waals surface area contributed by atoms with E-state index < -0.39 is 0 Å². The van der Waals surface area contributed by atoms with Gasteiger partial charge in [0.05, 0.1) is 12.0 Å². The molecule has 2 aromatic rings. The highest BCUT2D eigenvalue weighted by atomic mass is 32.2. The highest BCUT2D eigenvalue weighted by Gasteiger charge is 2.34. The molecule has 3 amide bonds. The number of carbonyl (C=O) groups is 3. The Bertz CT molecular complexity index is 1020. The van der Waals surface area contributed by atoms with Crippen LogP contribution >= 0.6 is 11.8 Å². The van der Waals surface area contributed by atoms with Crippen molar-refractivity contribution in [2.45, 2.75) is 13.8 Å². The summed E-state index contributed by atoms with van der Waals surface area (Å²) in [6.45, 7) is 4.09. The third-order valence-corrected chi connectivity index (χ3v) is 5.70. The van der Waals surface area contributed by atoms with Crippen molar-refractivity contribution in [3.05, 3.63) is 64.1 Å². The van der Waals surface area contributed by atoms with Gasteiger partial charge in [0, 0.05) is 13.1 Å². The summed E-state index contributed by atoms with van der Waals surface area (Å²) in [5.41, 5.74) is 3.03. The standard InChI is InChI=1S/C23H24N2O5S/c1-15-4-7-19(12-16(15)2)30-14-21(26)24-10-11-25-22(27)20(31-23(25)28)13-17-5-8-18(29-3)9-6-17/h4-9,12-13H,10-11,14H2,1-3H3,(H,24,26). The van der Waals surface area contributed by atoms with E-state index in [1.165, 1.54) is 0 Å². The van der Waals surface area contributed by atoms with Crippen molar-refractivity contribution in [1.82, 2.24) is 10.2 Å². The molecule has 3 rings (SSSR count). The topological polar surface area (TPSA) is 84.9 Å². The van der Waals surface area contributed by atoms with Crippen molar-refractivity contribution in [1.29, 1.82) is 0 Å². The average molecular weight is 441 g/mol. The summed E-state index contributed by atoms with van der Waals surface area (Å²) in [4.78, 5) is 38.2. The van der Waals surface area contributed by atoms with Crippen LogP contribution in [0.25, 0.3) is 6.08 Å². The van der Waals surface area contributed by atoms with E-state index in [1.54, 1.807) is 25.3 Å². The minimum Gasteiger partial charge on any atom is -0.497 e. The molecule has 0 spiro atoms. The summed E-state index contributed by atoms with van der Waals surface area (Å²) in [7, 11) is 1.58. The molecule has 0 bridgehead atoms. The van der Waals surface area contributed by atoms with Crippen LogP contribution in [0.4, 0.5) is 4.79 Å². The van der Waals surface area contributed by atoms with Crippen LogP contribution in [0.3, 0.4) is 0 Å². The van der Waals surface area contributed by atoms with E-state index in [-0.39, 0.29) is 36.7 Å². The largest absolute Gasteiger partial charge is 0.497 e. The van der Waals surface area contributed by atoms with Crippen LogP contribution in [0.1, 0.15) is 16.7 Å². The van der Waals surface area contributed by atoms with Crippen LogP contribution in [0.15, 0.2) is 47.4 Å². The fourth-order valence-corrected chi connectivity index (χ4v) is 3.72. The van der Waals surface area contributed by atoms with Crippen molar-refractivity contribution < 1.29 is 23.9 Å². The van der Waals surface area contributed by atoms with Gasteiger partial charge in [-0.2, -0.15) is 0 Å². The maximum absolute atomic E-state index is 12.5. The number of hydrogen-bond donors (Lipinski definition) is 1. The Morgan fingerprint density at radius 1 is 1.06 bits per heavy atom. The number of hydrogen-bond acceptors (Lipinski definition) is 6. The van der Waals surface area contributed by atoms with Gasteiger partial charge in [-0.05, 0) is 72.6 Å². The molecule has 1 aliphatic rings. The minimum absolute atomic E-state index is 0.0972. The lowest BCUT2D eigenvalue weighted by molar-refractivity contribution is -0.125. The first-order valence-electron chi connectivity index (χ1n) is 9.73. The molecule has 7 nitrogen and oxygen atoms in total. The molecule has 1 heterocycles. The van der Waals surface area contributed by atoms with Gasteiger partial charge in [0.15, 0.2) is 6.61 Å². The molecular weight excluding hydrogens is 416 g/mol. The Hall–Kier alpha value is -3.26. The lowest BCUT2D eigenvalue weighted by Crippen LogP contribution is -2.38. The number of benzene rings is 2. The van der Waals surface area contributed by atoms with Gasteiger partial charge in [0.1, 0.15) is 11.5 Å². The molecule has 8 heteroatoms. The zero-order valence-electron chi connectivity index (χ0n) is 17.6. The molecule has 0 aromatic heterocycles. The Morgan fingerprint density at radius 2 is 1.77 bits per heavy atom. The smallest absolute Gasteiger partial charge is 0.293 e. The molecule has 0 radical (unpaired) electrons. The molecule has 31 heavy (non-hydrogen) atoms. The normalized spacial score (nSPS) is 14.8. The Kier molecular flexibility index (Phi) is 7.36. The molecule has 0 unspecified atom stereocenters. The van der Waals surface area contributed by atoms with Crippen LogP contribution in [0.2, 0.25) is 0 Å². The number of methoxy groups -OCH3 is 1. The average Bonchev–Trinajstić information content (AvgIpc) is 3.02. The molecular formula is C23H24N2O5S. The van der Waals surface area contributed by atoms with E-state index in [0.717, 1.165) is 33.4 Å². The zero-order valence-corrected chi connectivity index (χ0v) is 18.5. The van der Waals surface area contributed by atoms with Crippen LogP contribution in [-0.4, -0.2) is 48.8 Å². The molecule has 1 N–H and O–H groups in total. The second kappa shape index (κ2) is 10.2. The summed E-state index contributed by atoms with van der Waals surface area (Å²) in [5, 5.41) is 2.32. The lowest BCUT2D eigenvalue weighted by atomic mass is 10.1. The second-order valence-electron chi connectivity index (χ2n) is 6.99. The molecule has 162 valence electrons. The first-order chi connectivity index (χ1) is 14.9. The van der Waals surface area contributed by atoms with Gasteiger partial charge in [-0.1, -0.05) is 18.2 Å². The van der Waals surface area contributed by atoms with E-state index in [9.17, 15) is 14.4 Å². The van der Waals surface area contributed by atoms with Gasteiger partial charge < -0.3 is 14.8 Å². The number of amides is 3. The number of rotatable bonds is 8. The van der Waals surface area contributed by atoms with E-state index in [4.69, 9.17) is 9.47 Å². The summed E-state index contributed by atoms with van der Waals surface area (Å²) >= 11 is 0.885. The van der Waals surface area contributed by atoms with Crippen LogP contribution in [-0.2, 0) is 9.59 Å². The maximum atomic E-state index is 12.5. The van der Waals surface area contributed by atoms with Gasteiger partial charge in [-0.3, -0.25) is 19.3 Å². The fourth-order valence-electron chi connectivity index (χ4n) is 2.86. The number of nitrogens with zero attached hydrogens (tertiary/aromatic N) is 1. The fraction of sp³-hybridized carbons (Fsp3) is 0.261. The Balaban J connectivity index is 1.47. The molecule has 1 saturated heterocycles. The minimum atomic E-state index is -0.369. The van der Waals surface area contributed by atoms with E-state index >= 15 is 0 Å². The van der Waals surface area contributed by atoms with Crippen molar-refractivity contribution in [2.24, 2.45) is 0 Å². The van der Waals surface area contributed by atoms with Gasteiger partial charge in [0.2, 0.25) is 0 Å². The number of imide groups is 1. The predicted molar refractivity (Wildman–Crippen MR) is 120 cm³/mol. The van der Waals surface area contributed by atoms with Crippen molar-refractivity contribution in [3.8, 4) is 11.5 Å². The van der Waals surface area contributed by atoms with Crippen molar-refractivity contribution in [2.75, 3.05) is 26.8 Å². The monoisotopic (exact) mass is 440 g/mol. The first kappa shape index (κ1) is 22.4. The number of carbonyl (C=O) groups excluding carboxylic acids is 3. The van der Waals surface area contributed by atoms with Gasteiger partial charge in [0.25, 0.3) is 17.1 Å². The SMILES string of the molecule is COc1ccc(C=C2SC(=O)N(CCNC(=O)COc3ccc(C)c(C)c3)C2=O)cc1. The third kappa shape index (κ3) is 5.88. The summed E-state index contributed by atoms with van der Waals surface area (Å²) < 4.78 is 10.6. The zero-order chi connectivity index (χ0) is 22.4. The molecule has 0 saturated carbocycles. The highest BCUT2D eigenvalue weighted by molar-refractivity contribution is 8.18. The third-order valence-electron chi connectivity index (χ3n) is 4.79. The number of ether oxygens (including phenoxy) is 2. The Morgan fingerprint density at radius 3 is 2.45 bits per heavy atom. The van der Waals surface area contributed by atoms with Crippen molar-refractivity contribution in [3.63, 3.8) is 0 Å². The number of aryl methyl sites for hydroxylation is 2. The lowest BCUT2D eigenvalue weighted by Gasteiger charge is -2.13. The van der Waals surface area contributed by atoms with Gasteiger partial charge in [-0.25, -0.2) is 0 Å². The molecule has 0 atom stereocenters.